The van der Waals surface area contributed by atoms with Crippen LogP contribution in [0.25, 0.3) is 0 Å². The van der Waals surface area contributed by atoms with Crippen molar-refractivity contribution in [3.05, 3.63) is 37.3 Å². The first kappa shape index (κ1) is 12.1. The van der Waals surface area contributed by atoms with Crippen molar-refractivity contribution in [2.75, 3.05) is 0 Å². The van der Waals surface area contributed by atoms with E-state index in [1.54, 1.807) is 23.0 Å². The van der Waals surface area contributed by atoms with Gasteiger partial charge in [-0.3, -0.25) is 9.48 Å². The molecule has 0 aromatic carbocycles. The fourth-order valence-electron chi connectivity index (χ4n) is 1.30. The third kappa shape index (κ3) is 2.46. The topological polar surface area (TPSA) is 34.9 Å². The number of hydrogen-bond acceptors (Lipinski definition) is 3. The number of Topliss-reactive ketones (excluding diaryl/α,β-unsaturated/α-hetero) is 1. The maximum Gasteiger partial charge on any atom is 0.197 e. The second kappa shape index (κ2) is 4.85. The molecule has 0 spiro atoms. The predicted molar refractivity (Wildman–Crippen MR) is 73.3 cm³/mol. The summed E-state index contributed by atoms with van der Waals surface area (Å²) in [6.07, 6.45) is 3.57. The van der Waals surface area contributed by atoms with Crippen LogP contribution in [0.2, 0.25) is 4.34 Å². The number of ketones is 1. The molecular weight excluding hydrogens is 359 g/mol. The summed E-state index contributed by atoms with van der Waals surface area (Å²) in [5.74, 6) is 0.0383. The van der Waals surface area contributed by atoms with E-state index in [0.29, 0.717) is 9.21 Å². The smallest absolute Gasteiger partial charge is 0.197 e. The highest BCUT2D eigenvalue weighted by Gasteiger charge is 2.19. The van der Waals surface area contributed by atoms with Crippen LogP contribution in [0.4, 0.5) is 0 Å². The van der Waals surface area contributed by atoms with E-state index in [1.807, 2.05) is 13.1 Å². The van der Waals surface area contributed by atoms with Gasteiger partial charge in [0.2, 0.25) is 0 Å². The van der Waals surface area contributed by atoms with Gasteiger partial charge in [-0.05, 0) is 41.6 Å². The first-order chi connectivity index (χ1) is 7.58. The van der Waals surface area contributed by atoms with Gasteiger partial charge in [-0.2, -0.15) is 5.10 Å². The molecule has 0 amide bonds. The van der Waals surface area contributed by atoms with E-state index in [1.165, 1.54) is 11.3 Å². The van der Waals surface area contributed by atoms with Gasteiger partial charge in [-0.25, -0.2) is 0 Å². The zero-order chi connectivity index (χ0) is 11.7. The van der Waals surface area contributed by atoms with Gasteiger partial charge >= 0.3 is 0 Å². The van der Waals surface area contributed by atoms with Crippen molar-refractivity contribution in [1.29, 1.82) is 0 Å². The SMILES string of the molecule is CC(C(=O)c1ccc(Cl)s1)n1cc(I)cn1. The summed E-state index contributed by atoms with van der Waals surface area (Å²) in [7, 11) is 0. The lowest BCUT2D eigenvalue weighted by Crippen LogP contribution is -2.16. The summed E-state index contributed by atoms with van der Waals surface area (Å²) in [6.45, 7) is 1.83. The van der Waals surface area contributed by atoms with Gasteiger partial charge in [0.15, 0.2) is 5.78 Å². The molecule has 2 aromatic heterocycles. The Balaban J connectivity index is 2.22. The lowest BCUT2D eigenvalue weighted by Gasteiger charge is -2.08. The Morgan fingerprint density at radius 3 is 2.88 bits per heavy atom. The van der Waals surface area contributed by atoms with E-state index >= 15 is 0 Å². The first-order valence-corrected chi connectivity index (χ1v) is 6.84. The molecule has 1 atom stereocenters. The van der Waals surface area contributed by atoms with Gasteiger partial charge in [0, 0.05) is 6.20 Å². The number of hydrogen-bond donors (Lipinski definition) is 0. The Morgan fingerprint density at radius 1 is 1.62 bits per heavy atom. The molecule has 16 heavy (non-hydrogen) atoms. The van der Waals surface area contributed by atoms with E-state index in [9.17, 15) is 4.79 Å². The molecule has 0 aliphatic heterocycles. The highest BCUT2D eigenvalue weighted by molar-refractivity contribution is 14.1. The average Bonchev–Trinajstić information content (AvgIpc) is 2.85. The molecule has 6 heteroatoms. The zero-order valence-electron chi connectivity index (χ0n) is 8.35. The molecule has 0 bridgehead atoms. The number of rotatable bonds is 3. The highest BCUT2D eigenvalue weighted by Crippen LogP contribution is 2.25. The number of thiophene rings is 1. The van der Waals surface area contributed by atoms with Crippen LogP contribution < -0.4 is 0 Å². The molecule has 0 saturated carbocycles. The molecule has 2 rings (SSSR count). The maximum absolute atomic E-state index is 12.1. The van der Waals surface area contributed by atoms with Crippen LogP contribution in [-0.2, 0) is 0 Å². The predicted octanol–water partition coefficient (Wildman–Crippen LogP) is 3.65. The molecule has 0 fully saturated rings. The van der Waals surface area contributed by atoms with E-state index in [0.717, 1.165) is 3.57 Å². The first-order valence-electron chi connectivity index (χ1n) is 4.57. The Kier molecular flexibility index (Phi) is 3.66. The molecule has 2 heterocycles. The molecule has 0 aliphatic rings. The fourth-order valence-corrected chi connectivity index (χ4v) is 2.78. The Bertz CT molecular complexity index is 522. The average molecular weight is 367 g/mol. The van der Waals surface area contributed by atoms with Crippen LogP contribution >= 0.6 is 45.5 Å². The number of carbonyl (C=O) groups is 1. The Morgan fingerprint density at radius 2 is 2.38 bits per heavy atom. The van der Waals surface area contributed by atoms with E-state index < -0.39 is 0 Å². The van der Waals surface area contributed by atoms with Crippen molar-refractivity contribution >= 4 is 51.3 Å². The van der Waals surface area contributed by atoms with Gasteiger partial charge in [0.25, 0.3) is 0 Å². The molecule has 1 unspecified atom stereocenters. The molecule has 0 N–H and O–H groups in total. The lowest BCUT2D eigenvalue weighted by molar-refractivity contribution is 0.0932. The number of carbonyl (C=O) groups excluding carboxylic acids is 1. The molecule has 0 aliphatic carbocycles. The van der Waals surface area contributed by atoms with Gasteiger partial charge < -0.3 is 0 Å². The normalized spacial score (nSPS) is 12.7. The molecule has 0 radical (unpaired) electrons. The van der Waals surface area contributed by atoms with Gasteiger partial charge in [-0.1, -0.05) is 11.6 Å². The lowest BCUT2D eigenvalue weighted by atomic mass is 10.2. The molecule has 84 valence electrons. The molecule has 0 saturated heterocycles. The van der Waals surface area contributed by atoms with Crippen LogP contribution in [0.1, 0.15) is 22.6 Å². The summed E-state index contributed by atoms with van der Waals surface area (Å²) in [5.41, 5.74) is 0. The zero-order valence-corrected chi connectivity index (χ0v) is 12.1. The van der Waals surface area contributed by atoms with Crippen LogP contribution in [0, 0.1) is 3.57 Å². The summed E-state index contributed by atoms with van der Waals surface area (Å²) >= 11 is 9.26. The quantitative estimate of drug-likeness (QED) is 0.614. The summed E-state index contributed by atoms with van der Waals surface area (Å²) in [4.78, 5) is 12.7. The number of aromatic nitrogens is 2. The van der Waals surface area contributed by atoms with Crippen LogP contribution in [-0.4, -0.2) is 15.6 Å². The minimum Gasteiger partial charge on any atom is -0.291 e. The van der Waals surface area contributed by atoms with E-state index in [2.05, 4.69) is 27.7 Å². The van der Waals surface area contributed by atoms with Crippen molar-refractivity contribution in [1.82, 2.24) is 9.78 Å². The standard InChI is InChI=1S/C10H8ClIN2OS/c1-6(14-5-7(12)4-13-14)10(15)8-2-3-9(11)16-8/h2-6H,1H3. The highest BCUT2D eigenvalue weighted by atomic mass is 127. The number of halogens is 2. The number of nitrogens with zero attached hydrogens (tertiary/aromatic N) is 2. The second-order valence-electron chi connectivity index (χ2n) is 3.28. The van der Waals surface area contributed by atoms with E-state index in [-0.39, 0.29) is 11.8 Å². The largest absolute Gasteiger partial charge is 0.291 e. The van der Waals surface area contributed by atoms with Crippen LogP contribution in [0.15, 0.2) is 24.5 Å². The van der Waals surface area contributed by atoms with Crippen molar-refractivity contribution < 1.29 is 4.79 Å². The minimum absolute atomic E-state index is 0.0383. The van der Waals surface area contributed by atoms with Crippen molar-refractivity contribution in [3.8, 4) is 0 Å². The monoisotopic (exact) mass is 366 g/mol. The minimum atomic E-state index is -0.293. The Hall–Kier alpha value is -0.400. The summed E-state index contributed by atoms with van der Waals surface area (Å²) < 4.78 is 3.31. The third-order valence-electron chi connectivity index (χ3n) is 2.16. The molecule has 3 nitrogen and oxygen atoms in total. The van der Waals surface area contributed by atoms with Gasteiger partial charge in [-0.15, -0.1) is 11.3 Å². The Labute approximate surface area is 116 Å². The van der Waals surface area contributed by atoms with Crippen LogP contribution in [0.5, 0.6) is 0 Å². The van der Waals surface area contributed by atoms with E-state index in [4.69, 9.17) is 11.6 Å². The fraction of sp³-hybridized carbons (Fsp3) is 0.200. The second-order valence-corrected chi connectivity index (χ2v) is 6.24. The molecular formula is C10H8ClIN2OS. The summed E-state index contributed by atoms with van der Waals surface area (Å²) in [6, 6.07) is 3.19. The summed E-state index contributed by atoms with van der Waals surface area (Å²) in [5, 5.41) is 4.13. The van der Waals surface area contributed by atoms with Crippen molar-refractivity contribution in [2.24, 2.45) is 0 Å². The third-order valence-corrected chi connectivity index (χ3v) is 3.97. The van der Waals surface area contributed by atoms with Crippen LogP contribution in [0.3, 0.4) is 0 Å². The van der Waals surface area contributed by atoms with Crippen molar-refractivity contribution in [3.63, 3.8) is 0 Å². The maximum atomic E-state index is 12.1. The van der Waals surface area contributed by atoms with Gasteiger partial charge in [0.1, 0.15) is 6.04 Å². The molecule has 2 aromatic rings. The van der Waals surface area contributed by atoms with Gasteiger partial charge in [0.05, 0.1) is 19.0 Å². The van der Waals surface area contributed by atoms with Crippen molar-refractivity contribution in [2.45, 2.75) is 13.0 Å².